The van der Waals surface area contributed by atoms with E-state index in [0.717, 1.165) is 27.3 Å². The van der Waals surface area contributed by atoms with Crippen molar-refractivity contribution in [3.8, 4) is 0 Å². The van der Waals surface area contributed by atoms with Crippen LogP contribution in [0.5, 0.6) is 0 Å². The van der Waals surface area contributed by atoms with Crippen molar-refractivity contribution < 1.29 is 4.42 Å². The molecule has 0 saturated carbocycles. The minimum atomic E-state index is -0.276. The van der Waals surface area contributed by atoms with Gasteiger partial charge in [0, 0.05) is 22.5 Å². The largest absolute Gasteiger partial charge is 0.459 e. The van der Waals surface area contributed by atoms with Crippen molar-refractivity contribution in [1.29, 1.82) is 0 Å². The predicted molar refractivity (Wildman–Crippen MR) is 69.1 cm³/mol. The summed E-state index contributed by atoms with van der Waals surface area (Å²) in [6, 6.07) is 7.70. The van der Waals surface area contributed by atoms with E-state index in [1.165, 1.54) is 0 Å². The number of nitrogens with two attached hydrogens (primary N) is 1. The van der Waals surface area contributed by atoms with E-state index in [-0.39, 0.29) is 6.04 Å². The standard InChI is InChI=1S/C13H12N2OS/c1-8-9-4-2-3-5-10(9)16-12(8)11(14)13-15-6-7-17-13/h2-7,11H,14H2,1H3. The van der Waals surface area contributed by atoms with Gasteiger partial charge in [-0.25, -0.2) is 4.98 Å². The summed E-state index contributed by atoms with van der Waals surface area (Å²) in [4.78, 5) is 4.24. The van der Waals surface area contributed by atoms with Crippen molar-refractivity contribution in [2.24, 2.45) is 5.73 Å². The summed E-state index contributed by atoms with van der Waals surface area (Å²) in [5, 5.41) is 3.93. The third kappa shape index (κ3) is 1.66. The fourth-order valence-electron chi connectivity index (χ4n) is 1.99. The topological polar surface area (TPSA) is 52.0 Å². The van der Waals surface area contributed by atoms with Crippen molar-refractivity contribution in [2.45, 2.75) is 13.0 Å². The third-order valence-electron chi connectivity index (χ3n) is 2.88. The summed E-state index contributed by atoms with van der Waals surface area (Å²) >= 11 is 1.55. The first kappa shape index (κ1) is 10.5. The van der Waals surface area contributed by atoms with E-state index in [1.54, 1.807) is 17.5 Å². The van der Waals surface area contributed by atoms with E-state index in [9.17, 15) is 0 Å². The minimum absolute atomic E-state index is 0.276. The molecule has 2 aromatic heterocycles. The van der Waals surface area contributed by atoms with Crippen molar-refractivity contribution in [3.05, 3.63) is 52.2 Å². The van der Waals surface area contributed by atoms with Crippen LogP contribution in [-0.4, -0.2) is 4.98 Å². The SMILES string of the molecule is Cc1c(C(N)c2nccs2)oc2ccccc12. The molecular weight excluding hydrogens is 232 g/mol. The Labute approximate surface area is 103 Å². The molecule has 0 radical (unpaired) electrons. The molecule has 2 N–H and O–H groups in total. The minimum Gasteiger partial charge on any atom is -0.459 e. The maximum atomic E-state index is 6.18. The number of rotatable bonds is 2. The average Bonchev–Trinajstić information content (AvgIpc) is 2.97. The molecule has 17 heavy (non-hydrogen) atoms. The summed E-state index contributed by atoms with van der Waals surface area (Å²) in [5.74, 6) is 0.807. The van der Waals surface area contributed by atoms with Gasteiger partial charge in [-0.2, -0.15) is 0 Å². The highest BCUT2D eigenvalue weighted by Crippen LogP contribution is 2.31. The smallest absolute Gasteiger partial charge is 0.134 e. The first-order chi connectivity index (χ1) is 8.27. The highest BCUT2D eigenvalue weighted by Gasteiger charge is 2.19. The second kappa shape index (κ2) is 3.98. The van der Waals surface area contributed by atoms with E-state index in [0.29, 0.717) is 0 Å². The van der Waals surface area contributed by atoms with E-state index in [4.69, 9.17) is 10.2 Å². The number of benzene rings is 1. The maximum Gasteiger partial charge on any atom is 0.134 e. The summed E-state index contributed by atoms with van der Waals surface area (Å²) in [6.07, 6.45) is 1.76. The molecule has 3 nitrogen and oxygen atoms in total. The molecule has 0 fully saturated rings. The zero-order valence-corrected chi connectivity index (χ0v) is 10.2. The zero-order valence-electron chi connectivity index (χ0n) is 9.38. The summed E-state index contributed by atoms with van der Waals surface area (Å²) in [7, 11) is 0. The van der Waals surface area contributed by atoms with Crippen molar-refractivity contribution in [3.63, 3.8) is 0 Å². The number of furan rings is 1. The molecule has 3 rings (SSSR count). The molecule has 0 aliphatic heterocycles. The van der Waals surface area contributed by atoms with Gasteiger partial charge in [0.05, 0.1) is 0 Å². The molecule has 0 aliphatic rings. The van der Waals surface area contributed by atoms with Crippen LogP contribution in [0.2, 0.25) is 0 Å². The third-order valence-corrected chi connectivity index (χ3v) is 3.74. The Morgan fingerprint density at radius 2 is 2.18 bits per heavy atom. The second-order valence-corrected chi connectivity index (χ2v) is 4.86. The van der Waals surface area contributed by atoms with Crippen LogP contribution in [0.25, 0.3) is 11.0 Å². The van der Waals surface area contributed by atoms with Crippen molar-refractivity contribution in [2.75, 3.05) is 0 Å². The highest BCUT2D eigenvalue weighted by molar-refractivity contribution is 7.09. The van der Waals surface area contributed by atoms with Gasteiger partial charge in [0.15, 0.2) is 0 Å². The number of hydrogen-bond acceptors (Lipinski definition) is 4. The predicted octanol–water partition coefficient (Wildman–Crippen LogP) is 3.25. The van der Waals surface area contributed by atoms with Gasteiger partial charge in [-0.1, -0.05) is 18.2 Å². The molecule has 1 aromatic carbocycles. The van der Waals surface area contributed by atoms with Gasteiger partial charge in [-0.05, 0) is 13.0 Å². The number of aromatic nitrogens is 1. The fourth-order valence-corrected chi connectivity index (χ4v) is 2.63. The van der Waals surface area contributed by atoms with E-state index >= 15 is 0 Å². The van der Waals surface area contributed by atoms with Gasteiger partial charge in [-0.3, -0.25) is 0 Å². The summed E-state index contributed by atoms with van der Waals surface area (Å²) in [6.45, 7) is 2.04. The van der Waals surface area contributed by atoms with Gasteiger partial charge in [-0.15, -0.1) is 11.3 Å². The number of fused-ring (bicyclic) bond motifs is 1. The molecule has 2 heterocycles. The second-order valence-electron chi connectivity index (χ2n) is 3.94. The molecule has 4 heteroatoms. The van der Waals surface area contributed by atoms with E-state index < -0.39 is 0 Å². The van der Waals surface area contributed by atoms with Crippen LogP contribution in [0.3, 0.4) is 0 Å². The Kier molecular flexibility index (Phi) is 2.46. The molecule has 0 spiro atoms. The summed E-state index contributed by atoms with van der Waals surface area (Å²) < 4.78 is 5.83. The lowest BCUT2D eigenvalue weighted by Crippen LogP contribution is -2.11. The normalized spacial score (nSPS) is 13.1. The Hall–Kier alpha value is -1.65. The Bertz CT molecular complexity index is 643. The molecule has 86 valence electrons. The van der Waals surface area contributed by atoms with Gasteiger partial charge in [0.2, 0.25) is 0 Å². The lowest BCUT2D eigenvalue weighted by Gasteiger charge is -2.05. The van der Waals surface area contributed by atoms with E-state index in [1.807, 2.05) is 36.6 Å². The van der Waals surface area contributed by atoms with Gasteiger partial charge < -0.3 is 10.2 Å². The Morgan fingerprint density at radius 3 is 2.88 bits per heavy atom. The van der Waals surface area contributed by atoms with Crippen LogP contribution < -0.4 is 5.73 Å². The molecule has 0 aliphatic carbocycles. The van der Waals surface area contributed by atoms with Crippen LogP contribution in [0.15, 0.2) is 40.3 Å². The lowest BCUT2D eigenvalue weighted by atomic mass is 10.1. The fraction of sp³-hybridized carbons (Fsp3) is 0.154. The first-order valence-corrected chi connectivity index (χ1v) is 6.28. The van der Waals surface area contributed by atoms with Crippen molar-refractivity contribution >= 4 is 22.3 Å². The monoisotopic (exact) mass is 244 g/mol. The molecule has 1 unspecified atom stereocenters. The number of hydrogen-bond donors (Lipinski definition) is 1. The van der Waals surface area contributed by atoms with Crippen LogP contribution in [0.4, 0.5) is 0 Å². The van der Waals surface area contributed by atoms with E-state index in [2.05, 4.69) is 4.98 Å². The van der Waals surface area contributed by atoms with Gasteiger partial charge >= 0.3 is 0 Å². The number of para-hydroxylation sites is 1. The summed E-state index contributed by atoms with van der Waals surface area (Å²) in [5.41, 5.74) is 8.16. The molecule has 3 aromatic rings. The molecule has 0 bridgehead atoms. The highest BCUT2D eigenvalue weighted by atomic mass is 32.1. The number of thiazole rings is 1. The lowest BCUT2D eigenvalue weighted by molar-refractivity contribution is 0.520. The Balaban J connectivity index is 2.15. The van der Waals surface area contributed by atoms with Crippen LogP contribution >= 0.6 is 11.3 Å². The molecule has 0 saturated heterocycles. The average molecular weight is 244 g/mol. The van der Waals surface area contributed by atoms with Crippen LogP contribution in [0, 0.1) is 6.92 Å². The van der Waals surface area contributed by atoms with Crippen molar-refractivity contribution in [1.82, 2.24) is 4.98 Å². The quantitative estimate of drug-likeness (QED) is 0.752. The zero-order chi connectivity index (χ0) is 11.8. The van der Waals surface area contributed by atoms with Crippen LogP contribution in [0.1, 0.15) is 22.4 Å². The van der Waals surface area contributed by atoms with Gasteiger partial charge in [0.25, 0.3) is 0 Å². The number of nitrogens with zero attached hydrogens (tertiary/aromatic N) is 1. The number of aryl methyl sites for hydroxylation is 1. The maximum absolute atomic E-state index is 6.18. The molecule has 0 amide bonds. The Morgan fingerprint density at radius 1 is 1.35 bits per heavy atom. The van der Waals surface area contributed by atoms with Crippen LogP contribution in [-0.2, 0) is 0 Å². The van der Waals surface area contributed by atoms with Gasteiger partial charge in [0.1, 0.15) is 22.4 Å². The first-order valence-electron chi connectivity index (χ1n) is 5.40. The molecule has 1 atom stereocenters. The molecular formula is C13H12N2OS.